The molecule has 0 spiro atoms. The Balaban J connectivity index is 1.91. The van der Waals surface area contributed by atoms with Crippen LogP contribution in [0.25, 0.3) is 11.3 Å². The van der Waals surface area contributed by atoms with E-state index in [9.17, 15) is 4.79 Å². The zero-order valence-electron chi connectivity index (χ0n) is 12.7. The van der Waals surface area contributed by atoms with Crippen molar-refractivity contribution < 1.29 is 9.36 Å². The van der Waals surface area contributed by atoms with Gasteiger partial charge in [0.05, 0.1) is 7.05 Å². The minimum Gasteiger partial charge on any atom is -0.291 e. The van der Waals surface area contributed by atoms with E-state index in [1.165, 1.54) is 0 Å². The second kappa shape index (κ2) is 6.38. The van der Waals surface area contributed by atoms with Gasteiger partial charge in [0, 0.05) is 15.6 Å². The maximum atomic E-state index is 12.5. The summed E-state index contributed by atoms with van der Waals surface area (Å²) in [6, 6.07) is 17.4. The third-order valence-electron chi connectivity index (χ3n) is 3.81. The molecule has 0 atom stereocenters. The summed E-state index contributed by atoms with van der Waals surface area (Å²) in [6.07, 6.45) is 1.92. The van der Waals surface area contributed by atoms with Crippen LogP contribution in [0, 0.1) is 0 Å². The van der Waals surface area contributed by atoms with E-state index in [2.05, 4.69) is 15.9 Å². The maximum absolute atomic E-state index is 12.5. The summed E-state index contributed by atoms with van der Waals surface area (Å²) in [5.41, 5.74) is 8.87. The molecule has 23 heavy (non-hydrogen) atoms. The van der Waals surface area contributed by atoms with Crippen molar-refractivity contribution >= 4 is 27.7 Å². The molecule has 1 heterocycles. The molecular formula is C18H17BrN3O+. The molecule has 3 aromatic rings. The van der Waals surface area contributed by atoms with Gasteiger partial charge in [0.2, 0.25) is 0 Å². The number of halogens is 1. The molecule has 0 amide bonds. The Morgan fingerprint density at radius 2 is 1.91 bits per heavy atom. The molecule has 4 nitrogen and oxygen atoms in total. The molecule has 5 heteroatoms. The standard InChI is InChI=1S/C18H16BrN3O/c1-21-16(13-6-3-2-4-7-13)11-22(18(21)20)12-17(23)14-8-5-9-15(19)10-14/h2-11,20H,12H2,1H3/p+1. The van der Waals surface area contributed by atoms with Crippen LogP contribution in [0.15, 0.2) is 65.3 Å². The molecular weight excluding hydrogens is 354 g/mol. The highest BCUT2D eigenvalue weighted by Gasteiger charge is 2.20. The molecule has 0 saturated carbocycles. The zero-order chi connectivity index (χ0) is 16.4. The quantitative estimate of drug-likeness (QED) is 0.566. The second-order valence-corrected chi connectivity index (χ2v) is 6.27. The highest BCUT2D eigenvalue weighted by Crippen LogP contribution is 2.19. The number of Topliss-reactive ketones (excluding diaryl/α,β-unsaturated/α-hetero) is 1. The van der Waals surface area contributed by atoms with Crippen molar-refractivity contribution in [1.82, 2.24) is 4.57 Å². The Morgan fingerprint density at radius 3 is 2.61 bits per heavy atom. The zero-order valence-corrected chi connectivity index (χ0v) is 14.3. The summed E-state index contributed by atoms with van der Waals surface area (Å²) in [7, 11) is 1.90. The fourth-order valence-corrected chi connectivity index (χ4v) is 2.93. The molecule has 0 aliphatic carbocycles. The van der Waals surface area contributed by atoms with Gasteiger partial charge in [-0.05, 0) is 12.1 Å². The topological polar surface area (TPSA) is 51.9 Å². The number of imidazole rings is 1. The fraction of sp³-hybridized carbons (Fsp3) is 0.111. The predicted octanol–water partition coefficient (Wildman–Crippen LogP) is 3.21. The number of nitrogens with zero attached hydrogens (tertiary/aromatic N) is 2. The van der Waals surface area contributed by atoms with Gasteiger partial charge in [-0.25, -0.2) is 9.13 Å². The number of anilines is 1. The predicted molar refractivity (Wildman–Crippen MR) is 93.9 cm³/mol. The molecule has 0 aliphatic rings. The van der Waals surface area contributed by atoms with Gasteiger partial charge < -0.3 is 0 Å². The largest absolute Gasteiger partial charge is 0.355 e. The van der Waals surface area contributed by atoms with Gasteiger partial charge in [0.25, 0.3) is 0 Å². The lowest BCUT2D eigenvalue weighted by molar-refractivity contribution is -0.667. The van der Waals surface area contributed by atoms with Crippen molar-refractivity contribution in [1.29, 1.82) is 0 Å². The maximum Gasteiger partial charge on any atom is 0.355 e. The highest BCUT2D eigenvalue weighted by atomic mass is 79.9. The number of carbonyl (C=O) groups is 1. The summed E-state index contributed by atoms with van der Waals surface area (Å²) < 4.78 is 4.56. The normalized spacial score (nSPS) is 10.7. The number of hydrogen-bond acceptors (Lipinski definition) is 2. The van der Waals surface area contributed by atoms with Crippen molar-refractivity contribution in [2.24, 2.45) is 7.05 Å². The van der Waals surface area contributed by atoms with Crippen LogP contribution in [-0.2, 0) is 13.6 Å². The van der Waals surface area contributed by atoms with Gasteiger partial charge in [0.15, 0.2) is 5.78 Å². The summed E-state index contributed by atoms with van der Waals surface area (Å²) >= 11 is 3.39. The molecule has 0 bridgehead atoms. The van der Waals surface area contributed by atoms with Crippen LogP contribution in [0.5, 0.6) is 0 Å². The van der Waals surface area contributed by atoms with Gasteiger partial charge in [0.1, 0.15) is 18.4 Å². The first-order chi connectivity index (χ1) is 11.1. The first-order valence-electron chi connectivity index (χ1n) is 7.25. The van der Waals surface area contributed by atoms with Gasteiger partial charge in [-0.15, -0.1) is 0 Å². The summed E-state index contributed by atoms with van der Waals surface area (Å²) in [5, 5.41) is 0. The molecule has 0 aliphatic heterocycles. The number of nitrogens with two attached hydrogens (primary N) is 1. The van der Waals surface area contributed by atoms with Crippen molar-refractivity contribution in [2.75, 3.05) is 5.73 Å². The van der Waals surface area contributed by atoms with Crippen LogP contribution in [0.1, 0.15) is 10.4 Å². The van der Waals surface area contributed by atoms with E-state index < -0.39 is 0 Å². The molecule has 1 aromatic heterocycles. The lowest BCUT2D eigenvalue weighted by Crippen LogP contribution is -2.39. The Morgan fingerprint density at radius 1 is 1.17 bits per heavy atom. The van der Waals surface area contributed by atoms with E-state index in [1.54, 1.807) is 4.57 Å². The summed E-state index contributed by atoms with van der Waals surface area (Å²) in [6.45, 7) is 0.211. The van der Waals surface area contributed by atoms with E-state index in [1.807, 2.05) is 72.4 Å². The Hall–Kier alpha value is -2.40. The van der Waals surface area contributed by atoms with Crippen LogP contribution in [0.4, 0.5) is 5.95 Å². The molecule has 116 valence electrons. The van der Waals surface area contributed by atoms with Crippen molar-refractivity contribution in [3.05, 3.63) is 70.8 Å². The van der Waals surface area contributed by atoms with E-state index in [0.29, 0.717) is 11.5 Å². The van der Waals surface area contributed by atoms with E-state index in [-0.39, 0.29) is 12.3 Å². The summed E-state index contributed by atoms with van der Waals surface area (Å²) in [5.74, 6) is 0.570. The molecule has 0 radical (unpaired) electrons. The van der Waals surface area contributed by atoms with Crippen LogP contribution in [0.3, 0.4) is 0 Å². The Kier molecular flexibility index (Phi) is 4.30. The number of carbonyl (C=O) groups excluding carboxylic acids is 1. The van der Waals surface area contributed by atoms with Crippen LogP contribution in [0.2, 0.25) is 0 Å². The van der Waals surface area contributed by atoms with Crippen molar-refractivity contribution in [3.8, 4) is 11.3 Å². The number of nitrogen functional groups attached to an aromatic ring is 1. The van der Waals surface area contributed by atoms with Crippen molar-refractivity contribution in [3.63, 3.8) is 0 Å². The minimum atomic E-state index is 0.0215. The Labute approximate surface area is 143 Å². The van der Waals surface area contributed by atoms with Gasteiger partial charge >= 0.3 is 5.95 Å². The third kappa shape index (κ3) is 3.19. The van der Waals surface area contributed by atoms with Crippen LogP contribution < -0.4 is 10.3 Å². The van der Waals surface area contributed by atoms with Crippen molar-refractivity contribution in [2.45, 2.75) is 6.54 Å². The average Bonchev–Trinajstić information content (AvgIpc) is 2.84. The fourth-order valence-electron chi connectivity index (χ4n) is 2.53. The average molecular weight is 371 g/mol. The van der Waals surface area contributed by atoms with Crippen LogP contribution in [-0.4, -0.2) is 10.4 Å². The highest BCUT2D eigenvalue weighted by molar-refractivity contribution is 9.10. The first-order valence-corrected chi connectivity index (χ1v) is 8.04. The third-order valence-corrected chi connectivity index (χ3v) is 4.30. The SMILES string of the molecule is Cn1c(-c2ccccc2)c[n+](CC(=O)c2cccc(Br)c2)c1N. The number of hydrogen-bond donors (Lipinski definition) is 1. The minimum absolute atomic E-state index is 0.0215. The number of benzene rings is 2. The molecule has 2 N–H and O–H groups in total. The summed E-state index contributed by atoms with van der Waals surface area (Å²) in [4.78, 5) is 12.5. The van der Waals surface area contributed by atoms with Gasteiger partial charge in [-0.2, -0.15) is 0 Å². The monoisotopic (exact) mass is 370 g/mol. The molecule has 0 fully saturated rings. The number of ketones is 1. The second-order valence-electron chi connectivity index (χ2n) is 5.36. The lowest BCUT2D eigenvalue weighted by atomic mass is 10.1. The number of rotatable bonds is 4. The van der Waals surface area contributed by atoms with E-state index in [4.69, 9.17) is 5.73 Å². The molecule has 0 saturated heterocycles. The van der Waals surface area contributed by atoms with Gasteiger partial charge in [-0.3, -0.25) is 10.5 Å². The van der Waals surface area contributed by atoms with E-state index >= 15 is 0 Å². The van der Waals surface area contributed by atoms with Crippen LogP contribution >= 0.6 is 15.9 Å². The Bertz CT molecular complexity index is 856. The molecule has 0 unspecified atom stereocenters. The molecule has 3 rings (SSSR count). The molecule has 2 aromatic carbocycles. The van der Waals surface area contributed by atoms with E-state index in [0.717, 1.165) is 15.7 Å². The smallest absolute Gasteiger partial charge is 0.291 e. The van der Waals surface area contributed by atoms with Gasteiger partial charge in [-0.1, -0.05) is 58.4 Å². The first kappa shape index (κ1) is 15.5. The number of aromatic nitrogens is 2. The lowest BCUT2D eigenvalue weighted by Gasteiger charge is -2.01.